The lowest BCUT2D eigenvalue weighted by Gasteiger charge is -2.42. The van der Waals surface area contributed by atoms with Crippen LogP contribution in [-0.2, 0) is 32.2 Å². The van der Waals surface area contributed by atoms with Crippen molar-refractivity contribution in [2.45, 2.75) is 50.8 Å². The van der Waals surface area contributed by atoms with E-state index in [-0.39, 0.29) is 19.1 Å². The van der Waals surface area contributed by atoms with Crippen LogP contribution >= 0.6 is 0 Å². The fourth-order valence-electron chi connectivity index (χ4n) is 3.30. The van der Waals surface area contributed by atoms with E-state index in [9.17, 15) is 15.0 Å². The Kier molecular flexibility index (Phi) is 7.74. The zero-order chi connectivity index (χ0) is 20.6. The van der Waals surface area contributed by atoms with Gasteiger partial charge in [-0.05, 0) is 11.1 Å². The first-order valence-electron chi connectivity index (χ1n) is 9.60. The van der Waals surface area contributed by atoms with Crippen molar-refractivity contribution < 1.29 is 29.2 Å². The Morgan fingerprint density at radius 2 is 1.59 bits per heavy atom. The van der Waals surface area contributed by atoms with Crippen LogP contribution in [0, 0.1) is 0 Å². The van der Waals surface area contributed by atoms with Gasteiger partial charge in [-0.25, -0.2) is 0 Å². The lowest BCUT2D eigenvalue weighted by Crippen LogP contribution is -2.64. The molecule has 1 heterocycles. The largest absolute Gasteiger partial charge is 0.388 e. The quantitative estimate of drug-likeness (QED) is 0.618. The molecule has 3 N–H and O–H groups in total. The molecule has 0 aliphatic carbocycles. The predicted octanol–water partition coefficient (Wildman–Crippen LogP) is 1.37. The van der Waals surface area contributed by atoms with Gasteiger partial charge >= 0.3 is 0 Å². The summed E-state index contributed by atoms with van der Waals surface area (Å²) < 4.78 is 17.3. The highest BCUT2D eigenvalue weighted by Gasteiger charge is 2.45. The number of carbonyl (C=O) groups is 1. The third-order valence-corrected chi connectivity index (χ3v) is 4.74. The molecule has 2 aromatic carbocycles. The molecule has 0 aromatic heterocycles. The van der Waals surface area contributed by atoms with E-state index in [0.29, 0.717) is 6.61 Å². The molecule has 0 spiro atoms. The van der Waals surface area contributed by atoms with Gasteiger partial charge in [-0.1, -0.05) is 60.7 Å². The Morgan fingerprint density at radius 1 is 1.00 bits per heavy atom. The normalized spacial score (nSPS) is 26.8. The zero-order valence-corrected chi connectivity index (χ0v) is 16.3. The van der Waals surface area contributed by atoms with Gasteiger partial charge in [-0.15, -0.1) is 0 Å². The Bertz CT molecular complexity index is 756. The van der Waals surface area contributed by atoms with Crippen molar-refractivity contribution in [2.75, 3.05) is 6.61 Å². The summed E-state index contributed by atoms with van der Waals surface area (Å²) >= 11 is 0. The molecule has 1 fully saturated rings. The number of amides is 1. The Hall–Kier alpha value is -2.29. The van der Waals surface area contributed by atoms with Crippen LogP contribution in [-0.4, -0.2) is 53.4 Å². The van der Waals surface area contributed by atoms with Crippen molar-refractivity contribution in [3.8, 4) is 0 Å². The topological polar surface area (TPSA) is 97.3 Å². The molecule has 0 radical (unpaired) electrons. The number of benzene rings is 2. The number of aliphatic hydroxyl groups excluding tert-OH is 2. The smallest absolute Gasteiger partial charge is 0.217 e. The second kappa shape index (κ2) is 10.5. The maximum Gasteiger partial charge on any atom is 0.217 e. The third-order valence-electron chi connectivity index (χ3n) is 4.74. The van der Waals surface area contributed by atoms with Gasteiger partial charge in [0.2, 0.25) is 5.91 Å². The van der Waals surface area contributed by atoms with Crippen LogP contribution in [0.2, 0.25) is 0 Å². The molecule has 7 nitrogen and oxygen atoms in total. The van der Waals surface area contributed by atoms with Crippen LogP contribution in [0.5, 0.6) is 0 Å². The van der Waals surface area contributed by atoms with Gasteiger partial charge in [0.25, 0.3) is 0 Å². The minimum absolute atomic E-state index is 0.120. The molecule has 1 saturated heterocycles. The third kappa shape index (κ3) is 6.09. The minimum Gasteiger partial charge on any atom is -0.388 e. The number of hydrogen-bond acceptors (Lipinski definition) is 6. The lowest BCUT2D eigenvalue weighted by molar-refractivity contribution is -0.268. The van der Waals surface area contributed by atoms with Crippen LogP contribution < -0.4 is 5.32 Å². The zero-order valence-electron chi connectivity index (χ0n) is 16.3. The van der Waals surface area contributed by atoms with Gasteiger partial charge in [0.1, 0.15) is 24.4 Å². The molecule has 5 atom stereocenters. The molecule has 2 aromatic rings. The number of ether oxygens (including phenoxy) is 3. The van der Waals surface area contributed by atoms with Crippen LogP contribution in [0.4, 0.5) is 0 Å². The van der Waals surface area contributed by atoms with E-state index in [1.807, 2.05) is 60.7 Å². The van der Waals surface area contributed by atoms with Gasteiger partial charge < -0.3 is 29.7 Å². The van der Waals surface area contributed by atoms with Crippen molar-refractivity contribution in [1.82, 2.24) is 5.32 Å². The van der Waals surface area contributed by atoms with E-state index >= 15 is 0 Å². The summed E-state index contributed by atoms with van der Waals surface area (Å²) in [6, 6.07) is 18.2. The highest BCUT2D eigenvalue weighted by molar-refractivity contribution is 5.73. The number of carbonyl (C=O) groups excluding carboxylic acids is 1. The molecular weight excluding hydrogens is 374 g/mol. The summed E-state index contributed by atoms with van der Waals surface area (Å²) in [6.45, 7) is 2.06. The van der Waals surface area contributed by atoms with E-state index in [2.05, 4.69) is 5.32 Å². The number of hydrogen-bond donors (Lipinski definition) is 3. The summed E-state index contributed by atoms with van der Waals surface area (Å²) in [4.78, 5) is 11.4. The highest BCUT2D eigenvalue weighted by atomic mass is 16.6. The number of aliphatic hydroxyl groups is 2. The van der Waals surface area contributed by atoms with Crippen molar-refractivity contribution >= 4 is 5.91 Å². The average Bonchev–Trinajstić information content (AvgIpc) is 2.72. The number of nitrogens with one attached hydrogen (secondary N) is 1. The van der Waals surface area contributed by atoms with E-state index in [0.717, 1.165) is 11.1 Å². The predicted molar refractivity (Wildman–Crippen MR) is 106 cm³/mol. The second-order valence-electron chi connectivity index (χ2n) is 7.04. The standard InChI is InChI=1S/C22H27NO6/c1-15(24)23-19-20(25)21(28-13-17-10-6-3-7-11-17)18(29-22(19)26)14-27-12-16-8-4-2-5-9-16/h2-11,18-22,25-26H,12-14H2,1H3,(H,23,24)/t18-,19-,20-,21+,22+/m1/s1. The second-order valence-corrected chi connectivity index (χ2v) is 7.04. The SMILES string of the molecule is CC(=O)N[C@@H]1[C@@H](O)[C@@H](OCc2ccccc2)[C@@H](COCc2ccccc2)O[C@@H]1O. The Balaban J connectivity index is 1.66. The highest BCUT2D eigenvalue weighted by Crippen LogP contribution is 2.24. The maximum atomic E-state index is 11.4. The fraction of sp³-hybridized carbons (Fsp3) is 0.409. The van der Waals surface area contributed by atoms with Gasteiger partial charge in [0.15, 0.2) is 6.29 Å². The van der Waals surface area contributed by atoms with Crippen LogP contribution in [0.3, 0.4) is 0 Å². The molecule has 3 rings (SSSR count). The first-order chi connectivity index (χ1) is 14.0. The summed E-state index contributed by atoms with van der Waals surface area (Å²) in [5, 5.41) is 23.6. The molecule has 1 amide bonds. The lowest BCUT2D eigenvalue weighted by atomic mass is 9.96. The van der Waals surface area contributed by atoms with E-state index in [1.54, 1.807) is 0 Å². The molecule has 0 saturated carbocycles. The molecular formula is C22H27NO6. The fourth-order valence-corrected chi connectivity index (χ4v) is 3.30. The minimum atomic E-state index is -1.36. The van der Waals surface area contributed by atoms with Gasteiger partial charge in [-0.3, -0.25) is 4.79 Å². The van der Waals surface area contributed by atoms with Crippen molar-refractivity contribution in [3.05, 3.63) is 71.8 Å². The van der Waals surface area contributed by atoms with Gasteiger partial charge in [0.05, 0.1) is 19.8 Å². The summed E-state index contributed by atoms with van der Waals surface area (Å²) in [6.07, 6.45) is -4.00. The van der Waals surface area contributed by atoms with E-state index in [1.165, 1.54) is 6.92 Å². The van der Waals surface area contributed by atoms with E-state index < -0.39 is 30.6 Å². The summed E-state index contributed by atoms with van der Waals surface area (Å²) in [5.74, 6) is -0.378. The van der Waals surface area contributed by atoms with Gasteiger partial charge in [0, 0.05) is 6.92 Å². The Labute approximate surface area is 170 Å². The molecule has 0 unspecified atom stereocenters. The van der Waals surface area contributed by atoms with Crippen LogP contribution in [0.1, 0.15) is 18.1 Å². The van der Waals surface area contributed by atoms with Crippen molar-refractivity contribution in [1.29, 1.82) is 0 Å². The molecule has 1 aliphatic heterocycles. The first-order valence-corrected chi connectivity index (χ1v) is 9.60. The molecule has 29 heavy (non-hydrogen) atoms. The number of rotatable bonds is 8. The van der Waals surface area contributed by atoms with E-state index in [4.69, 9.17) is 14.2 Å². The Morgan fingerprint density at radius 3 is 2.17 bits per heavy atom. The van der Waals surface area contributed by atoms with Crippen molar-refractivity contribution in [3.63, 3.8) is 0 Å². The van der Waals surface area contributed by atoms with Crippen LogP contribution in [0.25, 0.3) is 0 Å². The van der Waals surface area contributed by atoms with Crippen molar-refractivity contribution in [2.24, 2.45) is 0 Å². The average molecular weight is 401 g/mol. The molecule has 1 aliphatic rings. The molecule has 0 bridgehead atoms. The monoisotopic (exact) mass is 401 g/mol. The van der Waals surface area contributed by atoms with Crippen LogP contribution in [0.15, 0.2) is 60.7 Å². The molecule has 7 heteroatoms. The maximum absolute atomic E-state index is 11.4. The summed E-state index contributed by atoms with van der Waals surface area (Å²) in [5.41, 5.74) is 1.94. The summed E-state index contributed by atoms with van der Waals surface area (Å²) in [7, 11) is 0. The first kappa shape index (κ1) is 21.4. The molecule has 156 valence electrons. The van der Waals surface area contributed by atoms with Gasteiger partial charge in [-0.2, -0.15) is 0 Å².